The molecule has 0 bridgehead atoms. The molecule has 7 heavy (non-hydrogen) atoms. The van der Waals surface area contributed by atoms with Gasteiger partial charge in [0.1, 0.15) is 0 Å². The van der Waals surface area contributed by atoms with Gasteiger partial charge in [0.25, 0.3) is 0 Å². The molecule has 0 N–H and O–H groups in total. The summed E-state index contributed by atoms with van der Waals surface area (Å²) in [6.45, 7) is 0. The van der Waals surface area contributed by atoms with Gasteiger partial charge in [-0.1, -0.05) is 0 Å². The first kappa shape index (κ1) is 6.72. The molecule has 0 amide bonds. The first-order valence-corrected chi connectivity index (χ1v) is 9.87. The van der Waals surface area contributed by atoms with Crippen molar-refractivity contribution in [1.82, 2.24) is 2.66 Å². The van der Waals surface area contributed by atoms with Crippen molar-refractivity contribution >= 4 is 0 Å². The predicted octanol–water partition coefficient (Wildman–Crippen LogP) is 0.296. The third-order valence-corrected chi connectivity index (χ3v) is 4.12. The predicted molar refractivity (Wildman–Crippen MR) is 18.9 cm³/mol. The quantitative estimate of drug-likeness (QED) is 0.394. The molecule has 0 aromatic heterocycles. The molecule has 0 saturated carbocycles. The summed E-state index contributed by atoms with van der Waals surface area (Å²) in [6.07, 6.45) is 3.54. The van der Waals surface area contributed by atoms with Crippen molar-refractivity contribution in [2.45, 2.75) is 4.43 Å². The Hall–Kier alpha value is -0.285. The van der Waals surface area contributed by atoms with E-state index in [0.29, 0.717) is 0 Å². The molecule has 0 rings (SSSR count). The second-order valence-corrected chi connectivity index (χ2v) is 5.86. The van der Waals surface area contributed by atoms with Crippen LogP contribution in [0, 0.1) is 22.9 Å². The third kappa shape index (κ3) is 2.41. The van der Waals surface area contributed by atoms with Gasteiger partial charge in [0.15, 0.2) is 0 Å². The normalized spacial score (nSPS) is 5.00. The Morgan fingerprint density at radius 3 is 1.86 bits per heavy atom. The molecular formula is C3H3HgN3. The van der Waals surface area contributed by atoms with Crippen molar-refractivity contribution in [1.29, 1.82) is 10.5 Å². The van der Waals surface area contributed by atoms with Gasteiger partial charge < -0.3 is 0 Å². The Labute approximate surface area is 55.0 Å². The minimum atomic E-state index is -1.18. The van der Waals surface area contributed by atoms with E-state index in [1.54, 1.807) is 12.4 Å². The number of hydrogen-bond donors (Lipinski definition) is 0. The van der Waals surface area contributed by atoms with Gasteiger partial charge in [0.2, 0.25) is 0 Å². The molecule has 0 spiro atoms. The van der Waals surface area contributed by atoms with Gasteiger partial charge in [0.05, 0.1) is 0 Å². The minimum absolute atomic E-state index is 1.18. The SMILES string of the molecule is [CH3][Hg][N](C#N)C#N. The maximum atomic E-state index is 8.04. The summed E-state index contributed by atoms with van der Waals surface area (Å²) in [4.78, 5) is 0. The van der Waals surface area contributed by atoms with Crippen molar-refractivity contribution in [3.05, 3.63) is 0 Å². The molecule has 0 atom stereocenters. The Bertz CT molecular complexity index is 105. The third-order valence-electron chi connectivity index (χ3n) is 0.558. The van der Waals surface area contributed by atoms with E-state index >= 15 is 0 Å². The van der Waals surface area contributed by atoms with Gasteiger partial charge >= 0.3 is 54.9 Å². The van der Waals surface area contributed by atoms with E-state index in [0.717, 1.165) is 0 Å². The molecule has 0 aliphatic rings. The summed E-state index contributed by atoms with van der Waals surface area (Å²) < 4.78 is 3.17. The van der Waals surface area contributed by atoms with E-state index in [-0.39, 0.29) is 0 Å². The fourth-order valence-corrected chi connectivity index (χ4v) is 1.26. The van der Waals surface area contributed by atoms with Crippen molar-refractivity contribution in [3.63, 3.8) is 0 Å². The van der Waals surface area contributed by atoms with Gasteiger partial charge in [-0.2, -0.15) is 0 Å². The zero-order chi connectivity index (χ0) is 5.70. The average Bonchev–Trinajstić information content (AvgIpc) is 1.72. The molecule has 0 unspecified atom stereocenters. The van der Waals surface area contributed by atoms with Gasteiger partial charge in [-0.05, 0) is 0 Å². The zero-order valence-electron chi connectivity index (χ0n) is 4.05. The molecule has 0 aliphatic carbocycles. The molecular weight excluding hydrogens is 279 g/mol. The van der Waals surface area contributed by atoms with Gasteiger partial charge in [-0.15, -0.1) is 0 Å². The van der Waals surface area contributed by atoms with Crippen LogP contribution in [0.5, 0.6) is 0 Å². The van der Waals surface area contributed by atoms with Crippen molar-refractivity contribution in [3.8, 4) is 12.4 Å². The van der Waals surface area contributed by atoms with Crippen LogP contribution in [0.25, 0.3) is 0 Å². The fraction of sp³-hybridized carbons (Fsp3) is 0.333. The fourth-order valence-electron chi connectivity index (χ4n) is 0.164. The van der Waals surface area contributed by atoms with Gasteiger partial charge in [-0.25, -0.2) is 0 Å². The van der Waals surface area contributed by atoms with Gasteiger partial charge in [-0.3, -0.25) is 0 Å². The van der Waals surface area contributed by atoms with E-state index in [4.69, 9.17) is 10.5 Å². The molecule has 32 valence electrons. The Balaban J connectivity index is 3.50. The number of rotatable bonds is 1. The second-order valence-electron chi connectivity index (χ2n) is 0.944. The molecule has 3 nitrogen and oxygen atoms in total. The van der Waals surface area contributed by atoms with E-state index in [1.165, 1.54) is 2.66 Å². The Morgan fingerprint density at radius 1 is 1.43 bits per heavy atom. The summed E-state index contributed by atoms with van der Waals surface area (Å²) in [5.74, 6) is 0. The van der Waals surface area contributed by atoms with Crippen LogP contribution in [-0.4, -0.2) is 2.66 Å². The number of nitriles is 2. The van der Waals surface area contributed by atoms with Crippen LogP contribution in [0.2, 0.25) is 4.43 Å². The summed E-state index contributed by atoms with van der Waals surface area (Å²) in [6, 6.07) is 0. The van der Waals surface area contributed by atoms with Crippen molar-refractivity contribution in [2.24, 2.45) is 0 Å². The van der Waals surface area contributed by atoms with Crippen LogP contribution in [0.4, 0.5) is 0 Å². The van der Waals surface area contributed by atoms with E-state index in [2.05, 4.69) is 0 Å². The van der Waals surface area contributed by atoms with Crippen molar-refractivity contribution in [2.75, 3.05) is 0 Å². The van der Waals surface area contributed by atoms with E-state index in [9.17, 15) is 0 Å². The maximum absolute atomic E-state index is 8.04. The Kier molecular flexibility index (Phi) is 3.73. The molecule has 0 saturated heterocycles. The molecule has 0 radical (unpaired) electrons. The van der Waals surface area contributed by atoms with Crippen LogP contribution < -0.4 is 0 Å². The van der Waals surface area contributed by atoms with Crippen LogP contribution >= 0.6 is 0 Å². The molecule has 0 aliphatic heterocycles. The standard InChI is InChI=1S/C2N3.CH3.Hg/c3-1-5-2-4;;/h;1H3;/q-1;;+1. The van der Waals surface area contributed by atoms with Crippen LogP contribution in [0.1, 0.15) is 0 Å². The number of nitrogens with zero attached hydrogens (tertiary/aromatic N) is 3. The first-order valence-electron chi connectivity index (χ1n) is 1.92. The average molecular weight is 282 g/mol. The monoisotopic (exact) mass is 283 g/mol. The molecule has 0 aromatic carbocycles. The summed E-state index contributed by atoms with van der Waals surface area (Å²) in [7, 11) is 0. The molecule has 0 fully saturated rings. The number of hydrogen-bond acceptors (Lipinski definition) is 3. The van der Waals surface area contributed by atoms with Gasteiger partial charge in [0, 0.05) is 0 Å². The molecule has 0 aromatic rings. The zero-order valence-corrected chi connectivity index (χ0v) is 9.55. The van der Waals surface area contributed by atoms with E-state index < -0.39 is 24.9 Å². The first-order chi connectivity index (χ1) is 3.35. The topological polar surface area (TPSA) is 50.8 Å². The summed E-state index contributed by atoms with van der Waals surface area (Å²) in [5.41, 5.74) is 0. The molecule has 4 heteroatoms. The Morgan fingerprint density at radius 2 is 1.86 bits per heavy atom. The van der Waals surface area contributed by atoms with Crippen LogP contribution in [0.15, 0.2) is 0 Å². The van der Waals surface area contributed by atoms with Crippen LogP contribution in [-0.2, 0) is 24.9 Å². The van der Waals surface area contributed by atoms with Crippen LogP contribution in [0.3, 0.4) is 0 Å². The van der Waals surface area contributed by atoms with Crippen molar-refractivity contribution < 1.29 is 24.9 Å². The summed E-state index contributed by atoms with van der Waals surface area (Å²) in [5, 5.41) is 16.1. The van der Waals surface area contributed by atoms with E-state index in [1.807, 2.05) is 4.43 Å². The summed E-state index contributed by atoms with van der Waals surface area (Å²) >= 11 is -1.18. The molecule has 0 heterocycles. The second kappa shape index (κ2) is 3.89.